The molecule has 0 aliphatic carbocycles. The molecule has 3 N–H and O–H groups in total. The van der Waals surface area contributed by atoms with E-state index in [0.29, 0.717) is 18.1 Å². The number of amides is 1. The molecule has 4 rings (SSSR count). The van der Waals surface area contributed by atoms with E-state index in [1.165, 1.54) is 11.3 Å². The zero-order valence-corrected chi connectivity index (χ0v) is 11.9. The molecule has 1 atom stereocenters. The average Bonchev–Trinajstić information content (AvgIpc) is 3.02. The summed E-state index contributed by atoms with van der Waals surface area (Å²) in [5, 5.41) is 4.42. The van der Waals surface area contributed by atoms with Gasteiger partial charge >= 0.3 is 0 Å². The molecule has 0 unspecified atom stereocenters. The van der Waals surface area contributed by atoms with Gasteiger partial charge in [0, 0.05) is 16.7 Å². The van der Waals surface area contributed by atoms with E-state index in [2.05, 4.69) is 10.3 Å². The zero-order valence-electron chi connectivity index (χ0n) is 11.1. The van der Waals surface area contributed by atoms with E-state index < -0.39 is 0 Å². The highest BCUT2D eigenvalue weighted by atomic mass is 32.1. The lowest BCUT2D eigenvalue weighted by Gasteiger charge is -2.09. The lowest BCUT2D eigenvalue weighted by molar-refractivity contribution is -0.121. The summed E-state index contributed by atoms with van der Waals surface area (Å²) in [6, 6.07) is 9.83. The maximum Gasteiger partial charge on any atom is 0.221 e. The van der Waals surface area contributed by atoms with Gasteiger partial charge in [-0.25, -0.2) is 4.98 Å². The molecule has 0 radical (unpaired) electrons. The van der Waals surface area contributed by atoms with E-state index in [1.54, 1.807) is 0 Å². The molecule has 0 spiro atoms. The Balaban J connectivity index is 1.86. The molecule has 21 heavy (non-hydrogen) atoms. The number of furan rings is 1. The fourth-order valence-corrected chi connectivity index (χ4v) is 3.68. The van der Waals surface area contributed by atoms with Crippen LogP contribution in [0.1, 0.15) is 28.7 Å². The number of carbonyl (C=O) groups excluding carboxylic acids is 1. The first kappa shape index (κ1) is 12.4. The number of rotatable bonds is 1. The third-order valence-electron chi connectivity index (χ3n) is 3.69. The number of nitrogens with one attached hydrogen (secondary N) is 1. The molecule has 3 heterocycles. The van der Waals surface area contributed by atoms with Crippen molar-refractivity contribution in [1.82, 2.24) is 10.3 Å². The van der Waals surface area contributed by atoms with Crippen LogP contribution in [0.15, 0.2) is 34.7 Å². The number of nitrogen functional groups attached to an aromatic ring is 1. The van der Waals surface area contributed by atoms with Crippen molar-refractivity contribution in [3.63, 3.8) is 0 Å². The van der Waals surface area contributed by atoms with E-state index in [4.69, 9.17) is 10.2 Å². The number of aromatic nitrogens is 1. The van der Waals surface area contributed by atoms with Gasteiger partial charge in [0.2, 0.25) is 5.91 Å². The monoisotopic (exact) mass is 299 g/mol. The first-order chi connectivity index (χ1) is 10.2. The van der Waals surface area contributed by atoms with Gasteiger partial charge in [0.25, 0.3) is 0 Å². The quantitative estimate of drug-likeness (QED) is 0.723. The molecule has 6 heteroatoms. The van der Waals surface area contributed by atoms with E-state index in [1.807, 2.05) is 30.3 Å². The summed E-state index contributed by atoms with van der Waals surface area (Å²) in [6.07, 6.45) is 0.356. The van der Waals surface area contributed by atoms with Crippen LogP contribution >= 0.6 is 11.3 Å². The summed E-state index contributed by atoms with van der Waals surface area (Å²) >= 11 is 1.43. The number of carbonyl (C=O) groups is 1. The Kier molecular flexibility index (Phi) is 2.71. The molecule has 0 fully saturated rings. The van der Waals surface area contributed by atoms with Crippen LogP contribution in [-0.4, -0.2) is 10.9 Å². The van der Waals surface area contributed by atoms with Crippen LogP contribution in [0, 0.1) is 0 Å². The molecule has 0 saturated carbocycles. The van der Waals surface area contributed by atoms with Crippen LogP contribution in [0.5, 0.6) is 0 Å². The Bertz CT molecular complexity index is 803. The Morgan fingerprint density at radius 1 is 1.38 bits per heavy atom. The van der Waals surface area contributed by atoms with Crippen LogP contribution < -0.4 is 11.1 Å². The van der Waals surface area contributed by atoms with Crippen molar-refractivity contribution in [3.05, 3.63) is 46.7 Å². The second-order valence-electron chi connectivity index (χ2n) is 5.08. The maximum atomic E-state index is 11.9. The summed E-state index contributed by atoms with van der Waals surface area (Å²) in [5.74, 6) is 0.673. The molecule has 3 aromatic rings. The summed E-state index contributed by atoms with van der Waals surface area (Å²) in [6.45, 7) is 0.429. The van der Waals surface area contributed by atoms with Gasteiger partial charge in [-0.05, 0) is 12.1 Å². The first-order valence-corrected chi connectivity index (χ1v) is 7.52. The number of fused-ring (bicyclic) bond motifs is 2. The van der Waals surface area contributed by atoms with Crippen LogP contribution in [0.25, 0.3) is 11.0 Å². The first-order valence-electron chi connectivity index (χ1n) is 6.71. The van der Waals surface area contributed by atoms with Crippen molar-refractivity contribution in [1.29, 1.82) is 0 Å². The van der Waals surface area contributed by atoms with Gasteiger partial charge in [-0.3, -0.25) is 4.79 Å². The Hall–Kier alpha value is -2.34. The lowest BCUT2D eigenvalue weighted by atomic mass is 9.99. The highest BCUT2D eigenvalue weighted by Crippen LogP contribution is 2.39. The van der Waals surface area contributed by atoms with Gasteiger partial charge in [0.1, 0.15) is 11.3 Å². The fourth-order valence-electron chi connectivity index (χ4n) is 2.72. The molecule has 2 aromatic heterocycles. The summed E-state index contributed by atoms with van der Waals surface area (Å²) < 4.78 is 5.94. The predicted octanol–water partition coefficient (Wildman–Crippen LogP) is 2.62. The van der Waals surface area contributed by atoms with Crippen molar-refractivity contribution < 1.29 is 9.21 Å². The number of nitrogens with zero attached hydrogens (tertiary/aromatic N) is 1. The van der Waals surface area contributed by atoms with Crippen molar-refractivity contribution in [3.8, 4) is 0 Å². The molecule has 5 nitrogen and oxygen atoms in total. The Morgan fingerprint density at radius 2 is 2.24 bits per heavy atom. The number of benzene rings is 1. The van der Waals surface area contributed by atoms with Gasteiger partial charge in [0.05, 0.1) is 18.2 Å². The number of hydrogen-bond donors (Lipinski definition) is 2. The molecule has 0 saturated heterocycles. The number of para-hydroxylation sites is 1. The Labute approximate surface area is 124 Å². The Morgan fingerprint density at radius 3 is 3.10 bits per heavy atom. The van der Waals surface area contributed by atoms with Crippen molar-refractivity contribution in [2.45, 2.75) is 18.9 Å². The third kappa shape index (κ3) is 2.08. The predicted molar refractivity (Wildman–Crippen MR) is 81.0 cm³/mol. The van der Waals surface area contributed by atoms with Crippen LogP contribution in [0.2, 0.25) is 0 Å². The number of thiazole rings is 1. The van der Waals surface area contributed by atoms with Gasteiger partial charge in [0.15, 0.2) is 5.13 Å². The molecule has 106 valence electrons. The van der Waals surface area contributed by atoms with Crippen molar-refractivity contribution in [2.75, 3.05) is 5.73 Å². The van der Waals surface area contributed by atoms with E-state index in [-0.39, 0.29) is 11.8 Å². The summed E-state index contributed by atoms with van der Waals surface area (Å²) in [5.41, 5.74) is 7.49. The van der Waals surface area contributed by atoms with Crippen molar-refractivity contribution >= 4 is 33.3 Å². The maximum absolute atomic E-state index is 11.9. The number of anilines is 1. The van der Waals surface area contributed by atoms with E-state index >= 15 is 0 Å². The van der Waals surface area contributed by atoms with E-state index in [0.717, 1.165) is 27.3 Å². The van der Waals surface area contributed by atoms with Gasteiger partial charge in [-0.2, -0.15) is 0 Å². The minimum Gasteiger partial charge on any atom is -0.460 e. The molecule has 1 amide bonds. The number of nitrogens with two attached hydrogens (primary N) is 1. The number of hydrogen-bond acceptors (Lipinski definition) is 5. The molecule has 0 bridgehead atoms. The van der Waals surface area contributed by atoms with E-state index in [9.17, 15) is 4.79 Å². The molecule has 1 aromatic carbocycles. The van der Waals surface area contributed by atoms with Gasteiger partial charge in [-0.1, -0.05) is 18.2 Å². The van der Waals surface area contributed by atoms with Crippen LogP contribution in [0.4, 0.5) is 5.13 Å². The highest BCUT2D eigenvalue weighted by Gasteiger charge is 2.29. The van der Waals surface area contributed by atoms with Crippen LogP contribution in [0.3, 0.4) is 0 Å². The van der Waals surface area contributed by atoms with Gasteiger partial charge in [-0.15, -0.1) is 11.3 Å². The largest absolute Gasteiger partial charge is 0.460 e. The minimum atomic E-state index is -0.121. The second kappa shape index (κ2) is 4.60. The SMILES string of the molecule is Nc1nc2c(s1)[C@H](c1cc3ccccc3o1)CC(=O)NC2. The zero-order chi connectivity index (χ0) is 14.4. The van der Waals surface area contributed by atoms with Crippen molar-refractivity contribution in [2.24, 2.45) is 0 Å². The fraction of sp³-hybridized carbons (Fsp3) is 0.200. The topological polar surface area (TPSA) is 81.2 Å². The lowest BCUT2D eigenvalue weighted by Crippen LogP contribution is -2.21. The molecule has 1 aliphatic heterocycles. The third-order valence-corrected chi connectivity index (χ3v) is 4.73. The smallest absolute Gasteiger partial charge is 0.221 e. The van der Waals surface area contributed by atoms with Gasteiger partial charge < -0.3 is 15.5 Å². The summed E-state index contributed by atoms with van der Waals surface area (Å²) in [4.78, 5) is 17.3. The molecular formula is C15H13N3O2S. The molecular weight excluding hydrogens is 286 g/mol. The normalized spacial score (nSPS) is 18.3. The summed E-state index contributed by atoms with van der Waals surface area (Å²) in [7, 11) is 0. The standard InChI is InChI=1S/C15H13N3O2S/c16-15-18-10-7-17-13(19)6-9(14(10)21-15)12-5-8-3-1-2-4-11(8)20-12/h1-5,9H,6-7H2,(H2,16,18)(H,17,19)/t9-/m0/s1. The molecule has 1 aliphatic rings. The highest BCUT2D eigenvalue weighted by molar-refractivity contribution is 7.15. The van der Waals surface area contributed by atoms with Crippen LogP contribution in [-0.2, 0) is 11.3 Å². The minimum absolute atomic E-state index is 0.00391. The average molecular weight is 299 g/mol. The second-order valence-corrected chi connectivity index (χ2v) is 6.15.